The molecule has 0 fully saturated rings. The van der Waals surface area contributed by atoms with Gasteiger partial charge in [0, 0.05) is 12.4 Å². The largest absolute Gasteiger partial charge is 0.347 e. The Hall–Kier alpha value is -1.05. The Bertz CT molecular complexity index is 187. The first kappa shape index (κ1) is 7.06. The molecule has 0 aliphatic rings. The normalized spacial score (nSPS) is 10.9. The van der Waals surface area contributed by atoms with Gasteiger partial charge < -0.3 is 4.98 Å². The van der Waals surface area contributed by atoms with E-state index in [0.717, 1.165) is 18.7 Å². The third-order valence-electron chi connectivity index (χ3n) is 1.23. The molecule has 0 saturated carbocycles. The molecule has 0 spiro atoms. The minimum atomic E-state index is 0.938. The minimum absolute atomic E-state index is 0.938. The van der Waals surface area contributed by atoms with Crippen molar-refractivity contribution in [1.29, 1.82) is 0 Å². The van der Waals surface area contributed by atoms with Crippen LogP contribution in [0.5, 0.6) is 0 Å². The first-order valence-electron chi connectivity index (χ1n) is 3.59. The predicted molar refractivity (Wildman–Crippen MR) is 43.9 cm³/mol. The van der Waals surface area contributed by atoms with Gasteiger partial charge in [0.15, 0.2) is 0 Å². The van der Waals surface area contributed by atoms with Gasteiger partial charge in [-0.05, 0) is 18.6 Å². The Labute approximate surface area is 61.0 Å². The summed E-state index contributed by atoms with van der Waals surface area (Å²) in [4.78, 5) is 7.17. The molecule has 1 heterocycles. The second kappa shape index (κ2) is 3.88. The molecule has 2 nitrogen and oxygen atoms in total. The van der Waals surface area contributed by atoms with E-state index >= 15 is 0 Å². The molecule has 0 radical (unpaired) electrons. The molecule has 2 heteroatoms. The summed E-state index contributed by atoms with van der Waals surface area (Å²) in [7, 11) is 0. The van der Waals surface area contributed by atoms with Crippen molar-refractivity contribution in [3.8, 4) is 0 Å². The van der Waals surface area contributed by atoms with Crippen molar-refractivity contribution in [1.82, 2.24) is 4.98 Å². The molecule has 0 amide bonds. The summed E-state index contributed by atoms with van der Waals surface area (Å²) in [6.45, 7) is 2.14. The Morgan fingerprint density at radius 3 is 3.20 bits per heavy atom. The standard InChI is InChI=1S/C8H12N2/c1-2-3-6-9-8-5-4-7-10-8/h4-7,10H,2-3H2,1H3/b9-6-. The highest BCUT2D eigenvalue weighted by Crippen LogP contribution is 2.04. The summed E-state index contributed by atoms with van der Waals surface area (Å²) >= 11 is 0. The maximum atomic E-state index is 4.18. The van der Waals surface area contributed by atoms with E-state index < -0.39 is 0 Å². The molecule has 54 valence electrons. The van der Waals surface area contributed by atoms with Crippen molar-refractivity contribution in [2.24, 2.45) is 4.99 Å². The van der Waals surface area contributed by atoms with E-state index in [0.29, 0.717) is 0 Å². The van der Waals surface area contributed by atoms with Crippen LogP contribution in [-0.4, -0.2) is 11.2 Å². The number of nitrogens with one attached hydrogen (secondary N) is 1. The molecule has 0 bridgehead atoms. The number of hydrogen-bond donors (Lipinski definition) is 1. The number of nitrogens with zero attached hydrogens (tertiary/aromatic N) is 1. The summed E-state index contributed by atoms with van der Waals surface area (Å²) in [6.07, 6.45) is 6.02. The maximum absolute atomic E-state index is 4.18. The number of aliphatic imine (C=N–C) groups is 1. The third kappa shape index (κ3) is 2.05. The zero-order valence-corrected chi connectivity index (χ0v) is 6.17. The molecule has 0 aliphatic heterocycles. The Balaban J connectivity index is 2.40. The summed E-state index contributed by atoms with van der Waals surface area (Å²) in [5, 5.41) is 0. The van der Waals surface area contributed by atoms with Crippen molar-refractivity contribution in [2.75, 3.05) is 0 Å². The zero-order valence-electron chi connectivity index (χ0n) is 6.17. The lowest BCUT2D eigenvalue weighted by atomic mass is 10.4. The van der Waals surface area contributed by atoms with Gasteiger partial charge in [0.2, 0.25) is 0 Å². The molecular formula is C8H12N2. The average Bonchev–Trinajstić information content (AvgIpc) is 2.41. The fourth-order valence-electron chi connectivity index (χ4n) is 0.693. The fraction of sp³-hybridized carbons (Fsp3) is 0.375. The first-order chi connectivity index (χ1) is 4.93. The quantitative estimate of drug-likeness (QED) is 0.618. The van der Waals surface area contributed by atoms with E-state index in [1.165, 1.54) is 0 Å². The molecule has 0 atom stereocenters. The van der Waals surface area contributed by atoms with Gasteiger partial charge in [-0.25, -0.2) is 4.99 Å². The number of unbranched alkanes of at least 4 members (excludes halogenated alkanes) is 1. The average molecular weight is 136 g/mol. The van der Waals surface area contributed by atoms with E-state index in [1.54, 1.807) is 0 Å². The van der Waals surface area contributed by atoms with E-state index in [1.807, 2.05) is 24.5 Å². The summed E-state index contributed by atoms with van der Waals surface area (Å²) < 4.78 is 0. The van der Waals surface area contributed by atoms with Gasteiger partial charge in [0.05, 0.1) is 0 Å². The number of aromatic amines is 1. The van der Waals surface area contributed by atoms with Gasteiger partial charge in [0.1, 0.15) is 5.82 Å². The van der Waals surface area contributed by atoms with Crippen LogP contribution in [0.2, 0.25) is 0 Å². The van der Waals surface area contributed by atoms with Crippen LogP contribution in [0.4, 0.5) is 5.82 Å². The number of rotatable bonds is 3. The molecule has 10 heavy (non-hydrogen) atoms. The van der Waals surface area contributed by atoms with Gasteiger partial charge in [-0.15, -0.1) is 0 Å². The van der Waals surface area contributed by atoms with E-state index in [-0.39, 0.29) is 0 Å². The molecule has 0 aromatic carbocycles. The lowest BCUT2D eigenvalue weighted by molar-refractivity contribution is 1.01. The highest BCUT2D eigenvalue weighted by atomic mass is 14.9. The number of aromatic nitrogens is 1. The number of hydrogen-bond acceptors (Lipinski definition) is 1. The summed E-state index contributed by atoms with van der Waals surface area (Å²) in [5.74, 6) is 0.938. The molecule has 1 rings (SSSR count). The highest BCUT2D eigenvalue weighted by Gasteiger charge is 1.82. The van der Waals surface area contributed by atoms with Crippen LogP contribution in [0.1, 0.15) is 19.8 Å². The smallest absolute Gasteiger partial charge is 0.129 e. The zero-order chi connectivity index (χ0) is 7.23. The molecule has 0 aliphatic carbocycles. The van der Waals surface area contributed by atoms with Gasteiger partial charge >= 0.3 is 0 Å². The molecule has 1 aromatic rings. The van der Waals surface area contributed by atoms with E-state index in [4.69, 9.17) is 0 Å². The topological polar surface area (TPSA) is 28.1 Å². The van der Waals surface area contributed by atoms with Crippen molar-refractivity contribution in [3.05, 3.63) is 18.3 Å². The Kier molecular flexibility index (Phi) is 2.74. The van der Waals surface area contributed by atoms with Crippen molar-refractivity contribution in [3.63, 3.8) is 0 Å². The van der Waals surface area contributed by atoms with Crippen LogP contribution < -0.4 is 0 Å². The molecule has 1 N–H and O–H groups in total. The fourth-order valence-corrected chi connectivity index (χ4v) is 0.693. The van der Waals surface area contributed by atoms with Gasteiger partial charge in [-0.1, -0.05) is 13.3 Å². The molecule has 1 aromatic heterocycles. The van der Waals surface area contributed by atoms with Crippen molar-refractivity contribution < 1.29 is 0 Å². The maximum Gasteiger partial charge on any atom is 0.129 e. The van der Waals surface area contributed by atoms with Crippen molar-refractivity contribution in [2.45, 2.75) is 19.8 Å². The summed E-state index contributed by atoms with van der Waals surface area (Å²) in [6, 6.07) is 3.89. The molecular weight excluding hydrogens is 124 g/mol. The van der Waals surface area contributed by atoms with E-state index in [2.05, 4.69) is 16.9 Å². The van der Waals surface area contributed by atoms with Crippen LogP contribution in [0.15, 0.2) is 23.3 Å². The minimum Gasteiger partial charge on any atom is -0.347 e. The van der Waals surface area contributed by atoms with E-state index in [9.17, 15) is 0 Å². The monoisotopic (exact) mass is 136 g/mol. The third-order valence-corrected chi connectivity index (χ3v) is 1.23. The predicted octanol–water partition coefficient (Wildman–Crippen LogP) is 2.52. The summed E-state index contributed by atoms with van der Waals surface area (Å²) in [5.41, 5.74) is 0. The second-order valence-electron chi connectivity index (χ2n) is 2.16. The Morgan fingerprint density at radius 1 is 1.70 bits per heavy atom. The van der Waals surface area contributed by atoms with Crippen LogP contribution in [0.25, 0.3) is 0 Å². The van der Waals surface area contributed by atoms with Gasteiger partial charge in [-0.3, -0.25) is 0 Å². The molecule has 0 unspecified atom stereocenters. The first-order valence-corrected chi connectivity index (χ1v) is 3.59. The van der Waals surface area contributed by atoms with Crippen LogP contribution in [0.3, 0.4) is 0 Å². The van der Waals surface area contributed by atoms with Crippen LogP contribution in [0, 0.1) is 0 Å². The molecule has 0 saturated heterocycles. The van der Waals surface area contributed by atoms with Crippen molar-refractivity contribution >= 4 is 12.0 Å². The van der Waals surface area contributed by atoms with Crippen LogP contribution in [-0.2, 0) is 0 Å². The SMILES string of the molecule is CCC/C=N\c1ccc[nH]1. The Morgan fingerprint density at radius 2 is 2.60 bits per heavy atom. The lowest BCUT2D eigenvalue weighted by Gasteiger charge is -1.84. The van der Waals surface area contributed by atoms with Gasteiger partial charge in [0.25, 0.3) is 0 Å². The second-order valence-corrected chi connectivity index (χ2v) is 2.16. The lowest BCUT2D eigenvalue weighted by Crippen LogP contribution is -1.70. The number of H-pyrrole nitrogens is 1. The highest BCUT2D eigenvalue weighted by molar-refractivity contribution is 5.61. The van der Waals surface area contributed by atoms with Gasteiger partial charge in [-0.2, -0.15) is 0 Å². The van der Waals surface area contributed by atoms with Crippen LogP contribution >= 0.6 is 0 Å².